The highest BCUT2D eigenvalue weighted by Crippen LogP contribution is 2.26. The predicted octanol–water partition coefficient (Wildman–Crippen LogP) is 14.3. The van der Waals surface area contributed by atoms with Gasteiger partial charge in [0.15, 0.2) is 12.4 Å². The molecule has 1 rings (SSSR count). The summed E-state index contributed by atoms with van der Waals surface area (Å²) in [6.07, 6.45) is 62.3. The highest BCUT2D eigenvalue weighted by atomic mass is 16.7. The Morgan fingerprint density at radius 2 is 1.00 bits per heavy atom. The van der Waals surface area contributed by atoms with Gasteiger partial charge < -0.3 is 45.1 Å². The Bertz CT molecular complexity index is 1710. The molecule has 438 valence electrons. The Morgan fingerprint density at radius 3 is 1.56 bits per heavy atom. The number of aliphatic hydroxyl groups is 5. The smallest absolute Gasteiger partial charge is 0.306 e. The summed E-state index contributed by atoms with van der Waals surface area (Å²) >= 11 is 0. The van der Waals surface area contributed by atoms with Crippen LogP contribution in [0.4, 0.5) is 0 Å². The predicted molar refractivity (Wildman–Crippen MR) is 319 cm³/mol. The van der Waals surface area contributed by atoms with Crippen LogP contribution < -0.4 is 5.32 Å². The van der Waals surface area contributed by atoms with Gasteiger partial charge in [-0.05, 0) is 89.9 Å². The first kappa shape index (κ1) is 71.1. The number of hydrogen-bond donors (Lipinski definition) is 6. The van der Waals surface area contributed by atoms with E-state index >= 15 is 0 Å². The van der Waals surface area contributed by atoms with Crippen molar-refractivity contribution in [2.24, 2.45) is 0 Å². The van der Waals surface area contributed by atoms with Crippen molar-refractivity contribution in [3.63, 3.8) is 0 Å². The first-order valence-electron chi connectivity index (χ1n) is 30.4. The Hall–Kier alpha value is -3.94. The van der Waals surface area contributed by atoms with Gasteiger partial charge in [0.2, 0.25) is 5.91 Å². The molecule has 1 fully saturated rings. The number of unbranched alkanes of at least 4 members (excludes halogenated alkanes) is 20. The fraction of sp³-hybridized carbons (Fsp3) is 0.667. The van der Waals surface area contributed by atoms with Gasteiger partial charge in [-0.25, -0.2) is 0 Å². The normalized spacial score (nSPS) is 19.9. The van der Waals surface area contributed by atoms with E-state index in [1.165, 1.54) is 51.4 Å². The summed E-state index contributed by atoms with van der Waals surface area (Å²) in [5.74, 6) is -1.25. The molecule has 1 heterocycles. The van der Waals surface area contributed by atoms with Gasteiger partial charge >= 0.3 is 5.97 Å². The van der Waals surface area contributed by atoms with E-state index in [1.54, 1.807) is 6.08 Å². The molecule has 1 aliphatic heterocycles. The van der Waals surface area contributed by atoms with Crippen molar-refractivity contribution in [1.29, 1.82) is 0 Å². The molecule has 1 aliphatic rings. The van der Waals surface area contributed by atoms with Gasteiger partial charge in [-0.2, -0.15) is 0 Å². The molecule has 1 saturated heterocycles. The molecule has 6 N–H and O–H groups in total. The Kier molecular flexibility index (Phi) is 48.7. The molecular weight excluding hydrogens is 967 g/mol. The minimum atomic E-state index is -1.63. The molecule has 11 nitrogen and oxygen atoms in total. The maximum atomic E-state index is 13.4. The van der Waals surface area contributed by atoms with Gasteiger partial charge in [-0.1, -0.05) is 245 Å². The first-order chi connectivity index (χ1) is 37.7. The van der Waals surface area contributed by atoms with Gasteiger partial charge in [-0.15, -0.1) is 0 Å². The number of allylic oxidation sites excluding steroid dienone is 19. The second-order valence-corrected chi connectivity index (χ2v) is 20.4. The molecule has 77 heavy (non-hydrogen) atoms. The van der Waals surface area contributed by atoms with Crippen molar-refractivity contribution in [3.05, 3.63) is 122 Å². The van der Waals surface area contributed by atoms with Crippen molar-refractivity contribution in [2.75, 3.05) is 13.2 Å². The minimum absolute atomic E-state index is 0.0879. The lowest BCUT2D eigenvalue weighted by Gasteiger charge is -2.41. The summed E-state index contributed by atoms with van der Waals surface area (Å²) in [4.78, 5) is 26.5. The third-order valence-corrected chi connectivity index (χ3v) is 13.5. The summed E-state index contributed by atoms with van der Waals surface area (Å²) in [5, 5.41) is 56.9. The summed E-state index contributed by atoms with van der Waals surface area (Å²) in [6, 6.07) is -1.05. The lowest BCUT2D eigenvalue weighted by Crippen LogP contribution is -2.61. The van der Waals surface area contributed by atoms with Crippen LogP contribution in [0.1, 0.15) is 220 Å². The van der Waals surface area contributed by atoms with Gasteiger partial charge in [0.25, 0.3) is 0 Å². The molecule has 0 bridgehead atoms. The molecule has 0 saturated carbocycles. The number of carbonyl (C=O) groups excluding carboxylic acids is 2. The van der Waals surface area contributed by atoms with E-state index in [0.717, 1.165) is 122 Å². The van der Waals surface area contributed by atoms with Crippen molar-refractivity contribution in [3.8, 4) is 0 Å². The van der Waals surface area contributed by atoms with Gasteiger partial charge in [0, 0.05) is 6.42 Å². The van der Waals surface area contributed by atoms with Gasteiger partial charge in [0.1, 0.15) is 24.4 Å². The number of carbonyl (C=O) groups is 2. The number of nitrogens with one attached hydrogen (secondary N) is 1. The lowest BCUT2D eigenvalue weighted by atomic mass is 9.99. The second kappa shape index (κ2) is 52.7. The molecule has 0 spiro atoms. The number of esters is 1. The van der Waals surface area contributed by atoms with E-state index in [1.807, 2.05) is 42.5 Å². The maximum absolute atomic E-state index is 13.4. The van der Waals surface area contributed by atoms with E-state index in [4.69, 9.17) is 14.2 Å². The van der Waals surface area contributed by atoms with Crippen LogP contribution in [0.5, 0.6) is 0 Å². The summed E-state index contributed by atoms with van der Waals surface area (Å²) in [7, 11) is 0. The Morgan fingerprint density at radius 1 is 0.532 bits per heavy atom. The standard InChI is InChI=1S/C66H109NO10/c1-4-7-10-13-16-19-22-25-27-28-29-30-31-33-35-38-41-44-47-50-53-59(70)65(74)67-57(58(69)52-49-46-43-40-37-34-24-21-18-15-12-9-6-3)56-75-66-64(63(73)62(72)60(55-68)76-66)77-61(71)54-51-48-45-42-39-36-32-26-23-20-17-14-11-8-5-2/h7-8,10-11,14,16-17,19-20,23,25-27,29-30,32-33,35,49,52,57-60,62-64,66,68-70,72-73H,4-6,9,12-13,15,18,21-22,24,28,31,34,36-48,50-51,53-56H2,1-3H3,(H,67,74)/b10-7-,11-8+,17-14+,19-16-,23-20+,27-25-,30-29-,32-26-,35-33-,52-49+. The topological polar surface area (TPSA) is 175 Å². The van der Waals surface area contributed by atoms with Crippen LogP contribution in [0.3, 0.4) is 0 Å². The Labute approximate surface area is 468 Å². The molecule has 8 unspecified atom stereocenters. The highest BCUT2D eigenvalue weighted by Gasteiger charge is 2.47. The number of ether oxygens (including phenoxy) is 3. The Balaban J connectivity index is 2.74. The zero-order valence-electron chi connectivity index (χ0n) is 48.3. The fourth-order valence-corrected chi connectivity index (χ4v) is 8.69. The van der Waals surface area contributed by atoms with Crippen LogP contribution in [-0.2, 0) is 23.8 Å². The molecule has 0 aliphatic carbocycles. The van der Waals surface area contributed by atoms with Crippen LogP contribution in [-0.4, -0.2) is 99.6 Å². The lowest BCUT2D eigenvalue weighted by molar-refractivity contribution is -0.305. The third-order valence-electron chi connectivity index (χ3n) is 13.5. The third kappa shape index (κ3) is 40.8. The number of hydrogen-bond acceptors (Lipinski definition) is 10. The first-order valence-corrected chi connectivity index (χ1v) is 30.4. The molecule has 0 aromatic carbocycles. The zero-order valence-corrected chi connectivity index (χ0v) is 48.3. The summed E-state index contributed by atoms with van der Waals surface area (Å²) in [6.45, 7) is 5.49. The SMILES string of the molecule is CC/C=C\C/C=C\C/C=C\C/C=C\C/C=C\CCCCCCC(O)C(=O)NC(COC1OC(CO)C(O)C(O)C1OC(=O)CCCCCCC\C=C/C=C/C=C/C=C/CC)C(O)/C=C/CCCCCCCCCCCCC. The highest BCUT2D eigenvalue weighted by molar-refractivity contribution is 5.80. The van der Waals surface area contributed by atoms with E-state index in [-0.39, 0.29) is 19.4 Å². The molecule has 11 heteroatoms. The zero-order chi connectivity index (χ0) is 56.1. The average Bonchev–Trinajstić information content (AvgIpc) is 3.43. The monoisotopic (exact) mass is 1080 g/mol. The van der Waals surface area contributed by atoms with Crippen molar-refractivity contribution >= 4 is 11.9 Å². The van der Waals surface area contributed by atoms with Crippen LogP contribution in [0.25, 0.3) is 0 Å². The van der Waals surface area contributed by atoms with Crippen molar-refractivity contribution in [2.45, 2.75) is 269 Å². The molecule has 0 aromatic heterocycles. The quantitative estimate of drug-likeness (QED) is 0.0149. The summed E-state index contributed by atoms with van der Waals surface area (Å²) < 4.78 is 17.6. The maximum Gasteiger partial charge on any atom is 0.306 e. The number of amides is 1. The van der Waals surface area contributed by atoms with E-state index in [0.29, 0.717) is 12.8 Å². The van der Waals surface area contributed by atoms with E-state index in [2.05, 4.69) is 99.0 Å². The minimum Gasteiger partial charge on any atom is -0.454 e. The molecular formula is C66H109NO10. The molecule has 1 amide bonds. The van der Waals surface area contributed by atoms with Crippen molar-refractivity contribution < 1.29 is 49.3 Å². The van der Waals surface area contributed by atoms with Crippen LogP contribution >= 0.6 is 0 Å². The van der Waals surface area contributed by atoms with E-state index in [9.17, 15) is 35.1 Å². The largest absolute Gasteiger partial charge is 0.454 e. The number of aliphatic hydroxyl groups excluding tert-OH is 5. The van der Waals surface area contributed by atoms with Crippen LogP contribution in [0.15, 0.2) is 122 Å². The van der Waals surface area contributed by atoms with Crippen LogP contribution in [0.2, 0.25) is 0 Å². The van der Waals surface area contributed by atoms with Crippen LogP contribution in [0, 0.1) is 0 Å². The molecule has 0 radical (unpaired) electrons. The summed E-state index contributed by atoms with van der Waals surface area (Å²) in [5.41, 5.74) is 0. The van der Waals surface area contributed by atoms with Gasteiger partial charge in [0.05, 0.1) is 25.4 Å². The van der Waals surface area contributed by atoms with E-state index < -0.39 is 67.4 Å². The van der Waals surface area contributed by atoms with Crippen molar-refractivity contribution in [1.82, 2.24) is 5.32 Å². The molecule has 8 atom stereocenters. The second-order valence-electron chi connectivity index (χ2n) is 20.4. The number of rotatable bonds is 49. The fourth-order valence-electron chi connectivity index (χ4n) is 8.69. The average molecular weight is 1080 g/mol. The molecule has 0 aromatic rings. The van der Waals surface area contributed by atoms with Gasteiger partial charge in [-0.3, -0.25) is 9.59 Å².